The average molecular weight is 416 g/mol. The Balaban J connectivity index is 1.30. The second kappa shape index (κ2) is 8.20. The van der Waals surface area contributed by atoms with Crippen molar-refractivity contribution in [3.63, 3.8) is 0 Å². The van der Waals surface area contributed by atoms with Gasteiger partial charge in [0.25, 0.3) is 5.56 Å². The molecule has 5 rings (SSSR count). The van der Waals surface area contributed by atoms with E-state index in [-0.39, 0.29) is 11.7 Å². The molecule has 1 atom stereocenters. The van der Waals surface area contributed by atoms with Crippen LogP contribution >= 0.6 is 11.5 Å². The molecule has 1 heterocycles. The van der Waals surface area contributed by atoms with E-state index in [0.717, 1.165) is 40.3 Å². The summed E-state index contributed by atoms with van der Waals surface area (Å²) in [6.45, 7) is 0.565. The normalized spacial score (nSPS) is 15.0. The Kier molecular flexibility index (Phi) is 5.11. The van der Waals surface area contributed by atoms with Crippen molar-refractivity contribution in [1.82, 2.24) is 4.37 Å². The second-order valence-corrected chi connectivity index (χ2v) is 8.19. The number of hydrogen-bond donors (Lipinski definition) is 1. The molecule has 0 amide bonds. The molecule has 1 N–H and O–H groups in total. The standard InChI is InChI=1S/C25H21NO3S/c27-25-15-24(30-26-25)18-9-11-19(12-10-18)29-23-14-13-21-20(23)7-4-8-22(21)28-16-17-5-2-1-3-6-17/h1-12,15,23H,13-14,16H2,(H,26,27). The monoisotopic (exact) mass is 415 g/mol. The van der Waals surface area contributed by atoms with E-state index >= 15 is 0 Å². The fourth-order valence-electron chi connectivity index (χ4n) is 3.86. The predicted molar refractivity (Wildman–Crippen MR) is 119 cm³/mol. The van der Waals surface area contributed by atoms with Crippen molar-refractivity contribution < 1.29 is 9.47 Å². The van der Waals surface area contributed by atoms with Crippen LogP contribution in [-0.2, 0) is 13.0 Å². The Hall–Kier alpha value is -3.31. The molecule has 4 aromatic rings. The first-order valence-corrected chi connectivity index (χ1v) is 10.8. The van der Waals surface area contributed by atoms with Crippen LogP contribution in [0.1, 0.15) is 29.2 Å². The minimum atomic E-state index is -0.0665. The molecule has 150 valence electrons. The molecule has 0 aliphatic heterocycles. The highest BCUT2D eigenvalue weighted by Crippen LogP contribution is 2.40. The molecule has 0 radical (unpaired) electrons. The SMILES string of the molecule is O=c1cc(-c2ccc(OC3CCc4c(OCc5ccccc5)cccc43)cc2)s[nH]1. The molecule has 0 fully saturated rings. The van der Waals surface area contributed by atoms with E-state index in [1.54, 1.807) is 6.07 Å². The number of ether oxygens (including phenoxy) is 2. The number of hydrogen-bond acceptors (Lipinski definition) is 4. The summed E-state index contributed by atoms with van der Waals surface area (Å²) in [6, 6.07) is 26.0. The molecule has 4 nitrogen and oxygen atoms in total. The van der Waals surface area contributed by atoms with Crippen LogP contribution in [0.2, 0.25) is 0 Å². The molecule has 1 aromatic heterocycles. The lowest BCUT2D eigenvalue weighted by atomic mass is 10.1. The number of H-pyrrole nitrogens is 1. The Labute approximate surface area is 178 Å². The minimum absolute atomic E-state index is 0.0226. The van der Waals surface area contributed by atoms with Gasteiger partial charge in [0.05, 0.1) is 4.88 Å². The summed E-state index contributed by atoms with van der Waals surface area (Å²) in [5.41, 5.74) is 4.55. The average Bonchev–Trinajstić information content (AvgIpc) is 3.40. The number of aromatic amines is 1. The maximum Gasteiger partial charge on any atom is 0.258 e. The van der Waals surface area contributed by atoms with E-state index in [0.29, 0.717) is 6.61 Å². The highest BCUT2D eigenvalue weighted by atomic mass is 32.1. The zero-order chi connectivity index (χ0) is 20.3. The van der Waals surface area contributed by atoms with Crippen molar-refractivity contribution in [1.29, 1.82) is 0 Å². The molecular weight excluding hydrogens is 394 g/mol. The van der Waals surface area contributed by atoms with Crippen LogP contribution in [0.25, 0.3) is 10.4 Å². The Bertz CT molecular complexity index is 1200. The smallest absolute Gasteiger partial charge is 0.258 e. The fraction of sp³-hybridized carbons (Fsp3) is 0.160. The van der Waals surface area contributed by atoms with Gasteiger partial charge < -0.3 is 9.47 Å². The van der Waals surface area contributed by atoms with Crippen molar-refractivity contribution in [3.8, 4) is 21.9 Å². The topological polar surface area (TPSA) is 51.3 Å². The first kappa shape index (κ1) is 18.7. The molecule has 0 saturated carbocycles. The van der Waals surface area contributed by atoms with Gasteiger partial charge in [0.1, 0.15) is 24.2 Å². The summed E-state index contributed by atoms with van der Waals surface area (Å²) in [5.74, 6) is 1.77. The maximum absolute atomic E-state index is 11.4. The summed E-state index contributed by atoms with van der Waals surface area (Å²) in [6.07, 6.45) is 1.90. The van der Waals surface area contributed by atoms with Crippen molar-refractivity contribution in [2.45, 2.75) is 25.6 Å². The van der Waals surface area contributed by atoms with Crippen molar-refractivity contribution in [2.24, 2.45) is 0 Å². The van der Waals surface area contributed by atoms with Gasteiger partial charge in [-0.15, -0.1) is 0 Å². The van der Waals surface area contributed by atoms with Gasteiger partial charge in [-0.2, -0.15) is 0 Å². The summed E-state index contributed by atoms with van der Waals surface area (Å²) < 4.78 is 15.1. The van der Waals surface area contributed by atoms with Crippen LogP contribution in [0.15, 0.2) is 83.7 Å². The van der Waals surface area contributed by atoms with E-state index in [2.05, 4.69) is 22.6 Å². The van der Waals surface area contributed by atoms with E-state index < -0.39 is 0 Å². The van der Waals surface area contributed by atoms with Gasteiger partial charge in [-0.05, 0) is 59.9 Å². The van der Waals surface area contributed by atoms with Crippen molar-refractivity contribution >= 4 is 11.5 Å². The third-order valence-electron chi connectivity index (χ3n) is 5.35. The van der Waals surface area contributed by atoms with Crippen LogP contribution in [0.5, 0.6) is 11.5 Å². The molecule has 0 spiro atoms. The molecule has 5 heteroatoms. The summed E-state index contributed by atoms with van der Waals surface area (Å²) in [4.78, 5) is 12.3. The van der Waals surface area contributed by atoms with Crippen LogP contribution in [0.4, 0.5) is 0 Å². The van der Waals surface area contributed by atoms with Gasteiger partial charge in [-0.1, -0.05) is 54.0 Å². The molecule has 30 heavy (non-hydrogen) atoms. The molecule has 0 saturated heterocycles. The largest absolute Gasteiger partial charge is 0.489 e. The molecule has 1 aliphatic carbocycles. The van der Waals surface area contributed by atoms with Crippen LogP contribution in [-0.4, -0.2) is 4.37 Å². The number of rotatable bonds is 6. The van der Waals surface area contributed by atoms with Crippen LogP contribution in [0, 0.1) is 0 Å². The zero-order valence-corrected chi connectivity index (χ0v) is 17.2. The molecule has 0 bridgehead atoms. The van der Waals surface area contributed by atoms with Crippen LogP contribution < -0.4 is 15.0 Å². The predicted octanol–water partition coefficient (Wildman–Crippen LogP) is 5.75. The van der Waals surface area contributed by atoms with E-state index in [4.69, 9.17) is 9.47 Å². The quantitative estimate of drug-likeness (QED) is 0.436. The van der Waals surface area contributed by atoms with Gasteiger partial charge in [0, 0.05) is 11.6 Å². The summed E-state index contributed by atoms with van der Waals surface area (Å²) in [5, 5.41) is 0. The third-order valence-corrected chi connectivity index (χ3v) is 6.23. The van der Waals surface area contributed by atoms with E-state index in [9.17, 15) is 4.79 Å². The van der Waals surface area contributed by atoms with E-state index in [1.807, 2.05) is 54.6 Å². The molecule has 3 aromatic carbocycles. The van der Waals surface area contributed by atoms with Gasteiger partial charge in [0.2, 0.25) is 0 Å². The highest BCUT2D eigenvalue weighted by Gasteiger charge is 2.27. The fourth-order valence-corrected chi connectivity index (χ4v) is 4.55. The minimum Gasteiger partial charge on any atom is -0.489 e. The van der Waals surface area contributed by atoms with Crippen molar-refractivity contribution in [3.05, 3.63) is 106 Å². The molecule has 1 unspecified atom stereocenters. The first-order chi connectivity index (χ1) is 14.8. The van der Waals surface area contributed by atoms with Crippen molar-refractivity contribution in [2.75, 3.05) is 0 Å². The second-order valence-electron chi connectivity index (χ2n) is 7.34. The molecule has 1 aliphatic rings. The third kappa shape index (κ3) is 3.89. The van der Waals surface area contributed by atoms with E-state index in [1.165, 1.54) is 22.7 Å². The molecular formula is C25H21NO3S. The van der Waals surface area contributed by atoms with Gasteiger partial charge in [-0.25, -0.2) is 0 Å². The van der Waals surface area contributed by atoms with Gasteiger partial charge in [0.15, 0.2) is 0 Å². The summed E-state index contributed by atoms with van der Waals surface area (Å²) in [7, 11) is 0. The highest BCUT2D eigenvalue weighted by molar-refractivity contribution is 7.09. The Morgan fingerprint density at radius 2 is 1.80 bits per heavy atom. The lowest BCUT2D eigenvalue weighted by Gasteiger charge is -2.16. The summed E-state index contributed by atoms with van der Waals surface area (Å²) >= 11 is 1.34. The number of benzene rings is 3. The zero-order valence-electron chi connectivity index (χ0n) is 16.3. The van der Waals surface area contributed by atoms with Gasteiger partial charge >= 0.3 is 0 Å². The number of fused-ring (bicyclic) bond motifs is 1. The maximum atomic E-state index is 11.4. The lowest BCUT2D eigenvalue weighted by molar-refractivity contribution is 0.207. The number of aromatic nitrogens is 1. The van der Waals surface area contributed by atoms with Gasteiger partial charge in [-0.3, -0.25) is 9.17 Å². The Morgan fingerprint density at radius 3 is 2.57 bits per heavy atom. The Morgan fingerprint density at radius 1 is 0.967 bits per heavy atom. The first-order valence-electron chi connectivity index (χ1n) is 10.0. The lowest BCUT2D eigenvalue weighted by Crippen LogP contribution is -2.04. The van der Waals surface area contributed by atoms with Crippen LogP contribution in [0.3, 0.4) is 0 Å². The number of nitrogens with one attached hydrogen (secondary N) is 1.